The maximum atomic E-state index is 9.97. The number of fused-ring (bicyclic) bond motifs is 2. The standard InChI is InChI=1S/C20H27NO/c1-13(21-11-15-4-2-3-5-18(15)22)19-8-14-6-16-7-17(10-19)20(16,9-14)12-19/h2-5,13-14,16-17,21-22H,6-12H2,1H3. The Morgan fingerprint density at radius 3 is 2.91 bits per heavy atom. The molecule has 0 aromatic heterocycles. The van der Waals surface area contributed by atoms with Gasteiger partial charge in [-0.25, -0.2) is 0 Å². The lowest BCUT2D eigenvalue weighted by atomic mass is 9.55. The molecule has 2 nitrogen and oxygen atoms in total. The molecule has 0 radical (unpaired) electrons. The van der Waals surface area contributed by atoms with Crippen LogP contribution in [0.4, 0.5) is 0 Å². The largest absolute Gasteiger partial charge is 0.508 e. The summed E-state index contributed by atoms with van der Waals surface area (Å²) in [6.45, 7) is 3.20. The van der Waals surface area contributed by atoms with Gasteiger partial charge in [0.15, 0.2) is 0 Å². The molecule has 0 saturated heterocycles. The average molecular weight is 297 g/mol. The molecular weight excluding hydrogens is 270 g/mol. The van der Waals surface area contributed by atoms with Gasteiger partial charge in [0.2, 0.25) is 0 Å². The Hall–Kier alpha value is -1.02. The Morgan fingerprint density at radius 2 is 2.05 bits per heavy atom. The van der Waals surface area contributed by atoms with Gasteiger partial charge in [0, 0.05) is 18.2 Å². The lowest BCUT2D eigenvalue weighted by Crippen LogP contribution is -2.45. The summed E-state index contributed by atoms with van der Waals surface area (Å²) in [5, 5.41) is 13.7. The van der Waals surface area contributed by atoms with E-state index in [1.54, 1.807) is 12.5 Å². The van der Waals surface area contributed by atoms with Crippen LogP contribution in [-0.4, -0.2) is 11.1 Å². The van der Waals surface area contributed by atoms with Gasteiger partial charge in [0.25, 0.3) is 0 Å². The third-order valence-electron chi connectivity index (χ3n) is 8.02. The monoisotopic (exact) mass is 297 g/mol. The maximum Gasteiger partial charge on any atom is 0.120 e. The van der Waals surface area contributed by atoms with Crippen LogP contribution in [0.1, 0.15) is 51.0 Å². The summed E-state index contributed by atoms with van der Waals surface area (Å²) in [6.07, 6.45) is 9.03. The number of phenols is 1. The Bertz CT molecular complexity index is 609. The molecule has 4 saturated carbocycles. The molecule has 5 rings (SSSR count). The Balaban J connectivity index is 1.34. The predicted octanol–water partition coefficient (Wildman–Crippen LogP) is 4.09. The summed E-state index contributed by atoms with van der Waals surface area (Å²) in [7, 11) is 0. The molecular formula is C20H27NO. The summed E-state index contributed by atoms with van der Waals surface area (Å²) in [6, 6.07) is 8.30. The van der Waals surface area contributed by atoms with Crippen molar-refractivity contribution < 1.29 is 5.11 Å². The Labute approximate surface area is 133 Å². The Kier molecular flexibility index (Phi) is 2.61. The third kappa shape index (κ3) is 1.60. The minimum atomic E-state index is 0.425. The van der Waals surface area contributed by atoms with E-state index in [4.69, 9.17) is 0 Å². The van der Waals surface area contributed by atoms with Gasteiger partial charge in [-0.05, 0) is 80.1 Å². The van der Waals surface area contributed by atoms with Crippen molar-refractivity contribution in [3.05, 3.63) is 29.8 Å². The van der Waals surface area contributed by atoms with Crippen molar-refractivity contribution in [1.29, 1.82) is 0 Å². The lowest BCUT2D eigenvalue weighted by Gasteiger charge is -2.49. The lowest BCUT2D eigenvalue weighted by molar-refractivity contribution is -0.00444. The van der Waals surface area contributed by atoms with Crippen molar-refractivity contribution in [3.63, 3.8) is 0 Å². The first-order valence-electron chi connectivity index (χ1n) is 9.12. The zero-order valence-electron chi connectivity index (χ0n) is 13.5. The zero-order chi connectivity index (χ0) is 14.9. The number of hydrogen-bond acceptors (Lipinski definition) is 2. The van der Waals surface area contributed by atoms with Crippen molar-refractivity contribution in [2.24, 2.45) is 28.6 Å². The van der Waals surface area contributed by atoms with Crippen LogP contribution in [0.5, 0.6) is 5.75 Å². The average Bonchev–Trinajstić information content (AvgIpc) is 2.82. The second kappa shape index (κ2) is 4.29. The minimum Gasteiger partial charge on any atom is -0.508 e. The van der Waals surface area contributed by atoms with Crippen LogP contribution in [-0.2, 0) is 6.54 Å². The molecule has 6 atom stereocenters. The van der Waals surface area contributed by atoms with Gasteiger partial charge in [0.1, 0.15) is 5.75 Å². The fourth-order valence-corrected chi connectivity index (χ4v) is 7.07. The van der Waals surface area contributed by atoms with E-state index in [0.29, 0.717) is 17.2 Å². The van der Waals surface area contributed by atoms with Crippen LogP contribution in [0.15, 0.2) is 24.3 Å². The van der Waals surface area contributed by atoms with Crippen LogP contribution in [0.3, 0.4) is 0 Å². The number of phenolic OH excluding ortho intramolecular Hbond substituents is 1. The van der Waals surface area contributed by atoms with E-state index >= 15 is 0 Å². The molecule has 1 aromatic rings. The molecule has 4 aliphatic rings. The van der Waals surface area contributed by atoms with E-state index in [1.807, 2.05) is 18.2 Å². The molecule has 118 valence electrons. The van der Waals surface area contributed by atoms with Gasteiger partial charge in [-0.2, -0.15) is 0 Å². The molecule has 2 N–H and O–H groups in total. The van der Waals surface area contributed by atoms with Gasteiger partial charge in [-0.15, -0.1) is 0 Å². The first-order valence-corrected chi connectivity index (χ1v) is 9.12. The van der Waals surface area contributed by atoms with Crippen LogP contribution in [0.2, 0.25) is 0 Å². The molecule has 2 heteroatoms. The van der Waals surface area contributed by atoms with Crippen molar-refractivity contribution in [2.45, 2.75) is 58.0 Å². The van der Waals surface area contributed by atoms with Crippen LogP contribution in [0, 0.1) is 28.6 Å². The van der Waals surface area contributed by atoms with E-state index in [-0.39, 0.29) is 0 Å². The summed E-state index contributed by atoms with van der Waals surface area (Å²) in [5.74, 6) is 3.56. The smallest absolute Gasteiger partial charge is 0.120 e. The number of nitrogens with one attached hydrogen (secondary N) is 1. The van der Waals surface area contributed by atoms with Gasteiger partial charge < -0.3 is 10.4 Å². The van der Waals surface area contributed by atoms with Crippen LogP contribution in [0.25, 0.3) is 0 Å². The van der Waals surface area contributed by atoms with Gasteiger partial charge in [-0.3, -0.25) is 0 Å². The highest BCUT2D eigenvalue weighted by molar-refractivity contribution is 5.31. The number of rotatable bonds is 4. The van der Waals surface area contributed by atoms with Crippen molar-refractivity contribution in [3.8, 4) is 5.75 Å². The fraction of sp³-hybridized carbons (Fsp3) is 0.700. The molecule has 0 amide bonds. The molecule has 22 heavy (non-hydrogen) atoms. The molecule has 0 aliphatic heterocycles. The molecule has 4 aliphatic carbocycles. The molecule has 6 unspecified atom stereocenters. The van der Waals surface area contributed by atoms with E-state index in [1.165, 1.54) is 32.1 Å². The highest BCUT2D eigenvalue weighted by Gasteiger charge is 2.71. The molecule has 1 aromatic carbocycles. The summed E-state index contributed by atoms with van der Waals surface area (Å²) >= 11 is 0. The third-order valence-corrected chi connectivity index (χ3v) is 8.02. The minimum absolute atomic E-state index is 0.425. The van der Waals surface area contributed by atoms with E-state index in [0.717, 1.165) is 35.3 Å². The van der Waals surface area contributed by atoms with Crippen LogP contribution >= 0.6 is 0 Å². The first kappa shape index (κ1) is 13.4. The summed E-state index contributed by atoms with van der Waals surface area (Å²) < 4.78 is 0. The molecule has 0 heterocycles. The number of aromatic hydroxyl groups is 1. The number of benzene rings is 1. The second-order valence-electron chi connectivity index (χ2n) is 8.85. The number of para-hydroxylation sites is 1. The maximum absolute atomic E-state index is 9.97. The van der Waals surface area contributed by atoms with E-state index < -0.39 is 0 Å². The topological polar surface area (TPSA) is 32.3 Å². The SMILES string of the molecule is CC(NCc1ccccc1O)C12CC3CC4CC(C1)C4(C3)C2. The normalized spacial score (nSPS) is 45.6. The van der Waals surface area contributed by atoms with E-state index in [9.17, 15) is 5.11 Å². The fourth-order valence-electron chi connectivity index (χ4n) is 7.07. The highest BCUT2D eigenvalue weighted by Crippen LogP contribution is 2.79. The van der Waals surface area contributed by atoms with Gasteiger partial charge in [0.05, 0.1) is 0 Å². The van der Waals surface area contributed by atoms with Crippen molar-refractivity contribution in [1.82, 2.24) is 5.32 Å². The summed E-state index contributed by atoms with van der Waals surface area (Å²) in [5.41, 5.74) is 2.35. The van der Waals surface area contributed by atoms with Gasteiger partial charge in [-0.1, -0.05) is 18.2 Å². The zero-order valence-corrected chi connectivity index (χ0v) is 13.5. The van der Waals surface area contributed by atoms with Gasteiger partial charge >= 0.3 is 0 Å². The van der Waals surface area contributed by atoms with Crippen molar-refractivity contribution >= 4 is 0 Å². The molecule has 3 bridgehead atoms. The van der Waals surface area contributed by atoms with E-state index in [2.05, 4.69) is 12.2 Å². The predicted molar refractivity (Wildman–Crippen MR) is 87.4 cm³/mol. The molecule has 4 fully saturated rings. The Morgan fingerprint density at radius 1 is 1.18 bits per heavy atom. The van der Waals surface area contributed by atoms with Crippen LogP contribution < -0.4 is 5.32 Å². The summed E-state index contributed by atoms with van der Waals surface area (Å²) in [4.78, 5) is 0. The molecule has 1 spiro atoms. The number of hydrogen-bond donors (Lipinski definition) is 2. The highest BCUT2D eigenvalue weighted by atomic mass is 16.3. The quantitative estimate of drug-likeness (QED) is 0.877. The first-order chi connectivity index (χ1) is 10.6. The second-order valence-corrected chi connectivity index (χ2v) is 8.85. The van der Waals surface area contributed by atoms with Crippen molar-refractivity contribution in [2.75, 3.05) is 0 Å².